The van der Waals surface area contributed by atoms with Gasteiger partial charge >= 0.3 is 0 Å². The van der Waals surface area contributed by atoms with Gasteiger partial charge in [0.05, 0.1) is 0 Å². The van der Waals surface area contributed by atoms with Crippen molar-refractivity contribution < 1.29 is 0 Å². The molecule has 5 nitrogen and oxygen atoms in total. The Labute approximate surface area is 94.1 Å². The summed E-state index contributed by atoms with van der Waals surface area (Å²) >= 11 is 0. The molecule has 0 radical (unpaired) electrons. The second-order valence-corrected chi connectivity index (χ2v) is 4.93. The van der Waals surface area contributed by atoms with E-state index in [0.717, 1.165) is 30.7 Å². The van der Waals surface area contributed by atoms with Gasteiger partial charge in [-0.05, 0) is 24.9 Å². The molecule has 0 bridgehead atoms. The number of hydrogen-bond acceptors (Lipinski definition) is 4. The van der Waals surface area contributed by atoms with Crippen LogP contribution < -0.4 is 10.5 Å². The molecular weight excluding hydrogens is 204 g/mol. The minimum atomic E-state index is -0.136. The fourth-order valence-corrected chi connectivity index (χ4v) is 2.93. The zero-order chi connectivity index (χ0) is 11.1. The van der Waals surface area contributed by atoms with Gasteiger partial charge in [-0.25, -0.2) is 5.10 Å². The SMILES string of the molecule is CN1C[C@@H]2CN(c3ccc(=O)[nH]n3)C[C@@H]2C1. The summed E-state index contributed by atoms with van der Waals surface area (Å²) < 4.78 is 0. The van der Waals surface area contributed by atoms with Crippen LogP contribution in [-0.4, -0.2) is 48.3 Å². The molecule has 16 heavy (non-hydrogen) atoms. The highest BCUT2D eigenvalue weighted by atomic mass is 16.1. The molecule has 86 valence electrons. The fraction of sp³-hybridized carbons (Fsp3) is 0.636. The van der Waals surface area contributed by atoms with Crippen LogP contribution in [0.3, 0.4) is 0 Å². The van der Waals surface area contributed by atoms with Gasteiger partial charge in [0.15, 0.2) is 0 Å². The summed E-state index contributed by atoms with van der Waals surface area (Å²) in [5, 5.41) is 6.58. The van der Waals surface area contributed by atoms with Gasteiger partial charge in [0.1, 0.15) is 5.82 Å². The monoisotopic (exact) mass is 220 g/mol. The summed E-state index contributed by atoms with van der Waals surface area (Å²) in [5.41, 5.74) is -0.136. The molecule has 1 aromatic heterocycles. The molecule has 3 heterocycles. The number of hydrogen-bond donors (Lipinski definition) is 1. The van der Waals surface area contributed by atoms with E-state index in [1.807, 2.05) is 6.07 Å². The number of likely N-dealkylation sites (tertiary alicyclic amines) is 1. The first-order valence-corrected chi connectivity index (χ1v) is 5.71. The van der Waals surface area contributed by atoms with Crippen LogP contribution in [0.4, 0.5) is 5.82 Å². The van der Waals surface area contributed by atoms with Gasteiger partial charge in [-0.3, -0.25) is 4.79 Å². The van der Waals surface area contributed by atoms with Crippen molar-refractivity contribution in [2.24, 2.45) is 11.8 Å². The van der Waals surface area contributed by atoms with E-state index in [4.69, 9.17) is 0 Å². The largest absolute Gasteiger partial charge is 0.355 e. The second kappa shape index (κ2) is 3.59. The van der Waals surface area contributed by atoms with E-state index in [9.17, 15) is 4.79 Å². The average Bonchev–Trinajstić information content (AvgIpc) is 2.75. The zero-order valence-corrected chi connectivity index (χ0v) is 9.39. The van der Waals surface area contributed by atoms with Crippen molar-refractivity contribution in [3.05, 3.63) is 22.5 Å². The minimum absolute atomic E-state index is 0.136. The van der Waals surface area contributed by atoms with Crippen molar-refractivity contribution in [2.45, 2.75) is 0 Å². The van der Waals surface area contributed by atoms with Gasteiger partial charge in [0, 0.05) is 32.2 Å². The number of fused-ring (bicyclic) bond motifs is 1. The first kappa shape index (κ1) is 9.84. The number of aromatic nitrogens is 2. The van der Waals surface area contributed by atoms with Gasteiger partial charge in [0.25, 0.3) is 5.56 Å². The van der Waals surface area contributed by atoms with Crippen molar-refractivity contribution >= 4 is 5.82 Å². The topological polar surface area (TPSA) is 52.2 Å². The Morgan fingerprint density at radius 2 is 1.94 bits per heavy atom. The summed E-state index contributed by atoms with van der Waals surface area (Å²) in [4.78, 5) is 15.6. The summed E-state index contributed by atoms with van der Waals surface area (Å²) in [7, 11) is 2.18. The minimum Gasteiger partial charge on any atom is -0.355 e. The first-order valence-electron chi connectivity index (χ1n) is 5.71. The Balaban J connectivity index is 1.75. The van der Waals surface area contributed by atoms with E-state index >= 15 is 0 Å². The summed E-state index contributed by atoms with van der Waals surface area (Å²) in [6, 6.07) is 3.35. The molecule has 5 heteroatoms. The molecule has 1 aromatic rings. The van der Waals surface area contributed by atoms with Crippen LogP contribution >= 0.6 is 0 Å². The first-order chi connectivity index (χ1) is 7.72. The Morgan fingerprint density at radius 1 is 1.25 bits per heavy atom. The predicted octanol–water partition coefficient (Wildman–Crippen LogP) is -0.232. The third kappa shape index (κ3) is 1.61. The number of aromatic amines is 1. The van der Waals surface area contributed by atoms with Crippen LogP contribution in [0, 0.1) is 11.8 Å². The lowest BCUT2D eigenvalue weighted by molar-refractivity contribution is 0.386. The number of H-pyrrole nitrogens is 1. The quantitative estimate of drug-likeness (QED) is 0.710. The number of nitrogens with one attached hydrogen (secondary N) is 1. The van der Waals surface area contributed by atoms with Gasteiger partial charge < -0.3 is 9.80 Å². The fourth-order valence-electron chi connectivity index (χ4n) is 2.93. The number of rotatable bonds is 1. The Bertz CT molecular complexity index is 409. The van der Waals surface area contributed by atoms with Crippen LogP contribution in [0.1, 0.15) is 0 Å². The highest BCUT2D eigenvalue weighted by Crippen LogP contribution is 2.31. The molecule has 0 unspecified atom stereocenters. The van der Waals surface area contributed by atoms with Gasteiger partial charge in [-0.2, -0.15) is 5.10 Å². The maximum absolute atomic E-state index is 10.9. The lowest BCUT2D eigenvalue weighted by atomic mass is 10.0. The highest BCUT2D eigenvalue weighted by molar-refractivity contribution is 5.38. The molecule has 2 aliphatic heterocycles. The van der Waals surface area contributed by atoms with Crippen molar-refractivity contribution in [2.75, 3.05) is 38.1 Å². The molecule has 0 spiro atoms. The molecule has 3 rings (SSSR count). The van der Waals surface area contributed by atoms with E-state index in [1.165, 1.54) is 13.1 Å². The molecule has 2 atom stereocenters. The van der Waals surface area contributed by atoms with E-state index in [2.05, 4.69) is 27.0 Å². The van der Waals surface area contributed by atoms with Gasteiger partial charge in [0.2, 0.25) is 0 Å². The molecule has 2 aliphatic rings. The normalized spacial score (nSPS) is 29.7. The molecule has 2 saturated heterocycles. The molecule has 0 aliphatic carbocycles. The van der Waals surface area contributed by atoms with Crippen molar-refractivity contribution in [1.29, 1.82) is 0 Å². The Kier molecular flexibility index (Phi) is 2.21. The summed E-state index contributed by atoms with van der Waals surface area (Å²) in [5.74, 6) is 2.43. The van der Waals surface area contributed by atoms with Crippen molar-refractivity contribution in [3.8, 4) is 0 Å². The lowest BCUT2D eigenvalue weighted by Gasteiger charge is -2.19. The predicted molar refractivity (Wildman–Crippen MR) is 61.5 cm³/mol. The van der Waals surface area contributed by atoms with E-state index < -0.39 is 0 Å². The lowest BCUT2D eigenvalue weighted by Crippen LogP contribution is -2.28. The van der Waals surface area contributed by atoms with E-state index in [0.29, 0.717) is 0 Å². The molecule has 0 saturated carbocycles. The third-order valence-electron chi connectivity index (χ3n) is 3.66. The maximum Gasteiger partial charge on any atom is 0.264 e. The molecule has 1 N–H and O–H groups in total. The average molecular weight is 220 g/mol. The van der Waals surface area contributed by atoms with Crippen LogP contribution in [-0.2, 0) is 0 Å². The number of nitrogens with zero attached hydrogens (tertiary/aromatic N) is 3. The van der Waals surface area contributed by atoms with E-state index in [1.54, 1.807) is 6.07 Å². The third-order valence-corrected chi connectivity index (χ3v) is 3.66. The van der Waals surface area contributed by atoms with Crippen LogP contribution in [0.25, 0.3) is 0 Å². The Morgan fingerprint density at radius 3 is 2.50 bits per heavy atom. The summed E-state index contributed by atoms with van der Waals surface area (Å²) in [6.45, 7) is 4.50. The van der Waals surface area contributed by atoms with Crippen LogP contribution in [0.5, 0.6) is 0 Å². The molecule has 2 fully saturated rings. The highest BCUT2D eigenvalue weighted by Gasteiger charge is 2.38. The van der Waals surface area contributed by atoms with Crippen LogP contribution in [0.2, 0.25) is 0 Å². The molecule has 0 aromatic carbocycles. The standard InChI is InChI=1S/C11H16N4O/c1-14-4-8-6-15(7-9(8)5-14)10-2-3-11(16)13-12-10/h2-3,8-9H,4-7H2,1H3,(H,13,16)/t8-,9+. The summed E-state index contributed by atoms with van der Waals surface area (Å²) in [6.07, 6.45) is 0. The van der Waals surface area contributed by atoms with Crippen molar-refractivity contribution in [3.63, 3.8) is 0 Å². The maximum atomic E-state index is 10.9. The molecule has 0 amide bonds. The van der Waals surface area contributed by atoms with Crippen molar-refractivity contribution in [1.82, 2.24) is 15.1 Å². The Hall–Kier alpha value is -1.36. The van der Waals surface area contributed by atoms with Gasteiger partial charge in [-0.15, -0.1) is 0 Å². The zero-order valence-electron chi connectivity index (χ0n) is 9.39. The second-order valence-electron chi connectivity index (χ2n) is 4.93. The number of anilines is 1. The smallest absolute Gasteiger partial charge is 0.264 e. The van der Waals surface area contributed by atoms with Crippen LogP contribution in [0.15, 0.2) is 16.9 Å². The van der Waals surface area contributed by atoms with Gasteiger partial charge in [-0.1, -0.05) is 0 Å². The molecular formula is C11H16N4O. The van der Waals surface area contributed by atoms with E-state index in [-0.39, 0.29) is 5.56 Å².